The first kappa shape index (κ1) is 12.0. The topological polar surface area (TPSA) is 62.2 Å². The van der Waals surface area contributed by atoms with E-state index in [2.05, 4.69) is 26.2 Å². The predicted molar refractivity (Wildman–Crippen MR) is 62.3 cm³/mol. The molecule has 2 N–H and O–H groups in total. The Bertz CT molecular complexity index is 385. The zero-order valence-corrected chi connectivity index (χ0v) is 10.4. The molecule has 1 heterocycles. The molecule has 82 valence electrons. The molecule has 1 aromatic rings. The highest BCUT2D eigenvalue weighted by Gasteiger charge is 2.14. The summed E-state index contributed by atoms with van der Waals surface area (Å²) in [7, 11) is 0. The lowest BCUT2D eigenvalue weighted by atomic mass is 10.1. The summed E-state index contributed by atoms with van der Waals surface area (Å²) in [6.45, 7) is 6.02. The molecule has 0 saturated carbocycles. The SMILES string of the molecule is CC(C)(C)Nc1ncc(C(=O)O)cc1Br. The zero-order valence-electron chi connectivity index (χ0n) is 8.84. The van der Waals surface area contributed by atoms with Gasteiger partial charge in [-0.25, -0.2) is 9.78 Å². The average Bonchev–Trinajstić information content (AvgIpc) is 2.05. The van der Waals surface area contributed by atoms with E-state index in [1.54, 1.807) is 0 Å². The van der Waals surface area contributed by atoms with Crippen LogP contribution in [0.1, 0.15) is 31.1 Å². The minimum atomic E-state index is -0.981. The number of nitrogens with zero attached hydrogens (tertiary/aromatic N) is 1. The summed E-state index contributed by atoms with van der Waals surface area (Å²) < 4.78 is 0.650. The normalized spacial score (nSPS) is 11.2. The van der Waals surface area contributed by atoms with Gasteiger partial charge >= 0.3 is 5.97 Å². The van der Waals surface area contributed by atoms with Gasteiger partial charge in [0.2, 0.25) is 0 Å². The van der Waals surface area contributed by atoms with Crippen LogP contribution in [0.2, 0.25) is 0 Å². The smallest absolute Gasteiger partial charge is 0.337 e. The molecule has 1 rings (SSSR count). The summed E-state index contributed by atoms with van der Waals surface area (Å²) in [6, 6.07) is 1.53. The van der Waals surface area contributed by atoms with Gasteiger partial charge in [-0.15, -0.1) is 0 Å². The largest absolute Gasteiger partial charge is 0.478 e. The van der Waals surface area contributed by atoms with Gasteiger partial charge in [-0.2, -0.15) is 0 Å². The Morgan fingerprint density at radius 2 is 2.13 bits per heavy atom. The van der Waals surface area contributed by atoms with Crippen LogP contribution in [0.5, 0.6) is 0 Å². The average molecular weight is 273 g/mol. The Morgan fingerprint density at radius 3 is 2.53 bits per heavy atom. The predicted octanol–water partition coefficient (Wildman–Crippen LogP) is 2.75. The van der Waals surface area contributed by atoms with E-state index < -0.39 is 5.97 Å². The first-order valence-electron chi connectivity index (χ1n) is 4.46. The quantitative estimate of drug-likeness (QED) is 0.869. The van der Waals surface area contributed by atoms with Crippen molar-refractivity contribution in [2.24, 2.45) is 0 Å². The lowest BCUT2D eigenvalue weighted by Gasteiger charge is -2.22. The van der Waals surface area contributed by atoms with Crippen molar-refractivity contribution >= 4 is 27.7 Å². The summed E-state index contributed by atoms with van der Waals surface area (Å²) in [6.07, 6.45) is 1.33. The maximum absolute atomic E-state index is 10.7. The minimum Gasteiger partial charge on any atom is -0.478 e. The molecule has 0 saturated heterocycles. The van der Waals surface area contributed by atoms with Crippen molar-refractivity contribution in [3.8, 4) is 0 Å². The number of nitrogens with one attached hydrogen (secondary N) is 1. The molecule has 0 bridgehead atoms. The molecule has 5 heteroatoms. The zero-order chi connectivity index (χ0) is 11.6. The van der Waals surface area contributed by atoms with Crippen LogP contribution in [0.3, 0.4) is 0 Å². The van der Waals surface area contributed by atoms with E-state index in [4.69, 9.17) is 5.11 Å². The van der Waals surface area contributed by atoms with Crippen LogP contribution < -0.4 is 5.32 Å². The Labute approximate surface area is 96.8 Å². The van der Waals surface area contributed by atoms with Crippen LogP contribution in [0.4, 0.5) is 5.82 Å². The molecule has 0 radical (unpaired) electrons. The maximum Gasteiger partial charge on any atom is 0.337 e. The van der Waals surface area contributed by atoms with E-state index in [-0.39, 0.29) is 11.1 Å². The number of hydrogen-bond donors (Lipinski definition) is 2. The first-order chi connectivity index (χ1) is 6.79. The fourth-order valence-electron chi connectivity index (χ4n) is 1.00. The Balaban J connectivity index is 2.99. The number of rotatable bonds is 2. The molecule has 0 aliphatic rings. The number of carboxylic acid groups (broad SMARTS) is 1. The number of halogens is 1. The van der Waals surface area contributed by atoms with Gasteiger partial charge < -0.3 is 10.4 Å². The molecule has 1 aromatic heterocycles. The number of pyridine rings is 1. The summed E-state index contributed by atoms with van der Waals surface area (Å²) in [5, 5.41) is 11.9. The van der Waals surface area contributed by atoms with Gasteiger partial charge in [-0.05, 0) is 42.8 Å². The van der Waals surface area contributed by atoms with Crippen molar-refractivity contribution in [1.82, 2.24) is 4.98 Å². The maximum atomic E-state index is 10.7. The molecule has 0 atom stereocenters. The van der Waals surface area contributed by atoms with Crippen LogP contribution in [0, 0.1) is 0 Å². The van der Waals surface area contributed by atoms with Crippen molar-refractivity contribution in [2.45, 2.75) is 26.3 Å². The van der Waals surface area contributed by atoms with Crippen molar-refractivity contribution in [3.05, 3.63) is 22.3 Å². The van der Waals surface area contributed by atoms with Crippen LogP contribution >= 0.6 is 15.9 Å². The number of aromatic nitrogens is 1. The molecule has 0 spiro atoms. The van der Waals surface area contributed by atoms with Crippen molar-refractivity contribution in [3.63, 3.8) is 0 Å². The number of anilines is 1. The highest BCUT2D eigenvalue weighted by Crippen LogP contribution is 2.23. The lowest BCUT2D eigenvalue weighted by molar-refractivity contribution is 0.0696. The Kier molecular flexibility index (Phi) is 3.34. The highest BCUT2D eigenvalue weighted by atomic mass is 79.9. The van der Waals surface area contributed by atoms with Crippen LogP contribution in [-0.2, 0) is 0 Å². The molecule has 0 amide bonds. The minimum absolute atomic E-state index is 0.111. The standard InChI is InChI=1S/C10H13BrN2O2/c1-10(2,3)13-8-7(11)4-6(5-12-8)9(14)15/h4-5H,1-3H3,(H,12,13)(H,14,15). The molecule has 0 aliphatic carbocycles. The fraction of sp³-hybridized carbons (Fsp3) is 0.400. The fourth-order valence-corrected chi connectivity index (χ4v) is 1.45. The van der Waals surface area contributed by atoms with E-state index >= 15 is 0 Å². The molecule has 4 nitrogen and oxygen atoms in total. The molecular weight excluding hydrogens is 260 g/mol. The van der Waals surface area contributed by atoms with E-state index in [1.165, 1.54) is 12.3 Å². The number of hydrogen-bond acceptors (Lipinski definition) is 3. The molecular formula is C10H13BrN2O2. The highest BCUT2D eigenvalue weighted by molar-refractivity contribution is 9.10. The van der Waals surface area contributed by atoms with Crippen LogP contribution in [0.25, 0.3) is 0 Å². The van der Waals surface area contributed by atoms with E-state index in [9.17, 15) is 4.79 Å². The molecule has 15 heavy (non-hydrogen) atoms. The summed E-state index contributed by atoms with van der Waals surface area (Å²) in [4.78, 5) is 14.7. The van der Waals surface area contributed by atoms with Gasteiger partial charge in [-0.3, -0.25) is 0 Å². The first-order valence-corrected chi connectivity index (χ1v) is 5.26. The molecule has 0 aliphatic heterocycles. The lowest BCUT2D eigenvalue weighted by Crippen LogP contribution is -2.27. The summed E-state index contributed by atoms with van der Waals surface area (Å²) in [5.41, 5.74) is 0.0570. The second-order valence-corrected chi connectivity index (χ2v) is 5.09. The van der Waals surface area contributed by atoms with Gasteiger partial charge in [0.1, 0.15) is 5.82 Å². The second-order valence-electron chi connectivity index (χ2n) is 4.23. The number of carbonyl (C=O) groups is 1. The third kappa shape index (κ3) is 3.51. The van der Waals surface area contributed by atoms with E-state index in [0.717, 1.165) is 0 Å². The summed E-state index contributed by atoms with van der Waals surface area (Å²) >= 11 is 3.28. The number of aromatic carboxylic acids is 1. The molecule has 0 unspecified atom stereocenters. The number of carboxylic acids is 1. The second kappa shape index (κ2) is 4.18. The van der Waals surface area contributed by atoms with Crippen LogP contribution in [0.15, 0.2) is 16.7 Å². The van der Waals surface area contributed by atoms with Gasteiger partial charge in [0.25, 0.3) is 0 Å². The van der Waals surface area contributed by atoms with Gasteiger partial charge in [0.15, 0.2) is 0 Å². The molecule has 0 aromatic carbocycles. The van der Waals surface area contributed by atoms with Crippen molar-refractivity contribution in [2.75, 3.05) is 5.32 Å². The van der Waals surface area contributed by atoms with Gasteiger partial charge in [0, 0.05) is 11.7 Å². The van der Waals surface area contributed by atoms with Crippen LogP contribution in [-0.4, -0.2) is 21.6 Å². The third-order valence-electron chi connectivity index (χ3n) is 1.58. The monoisotopic (exact) mass is 272 g/mol. The van der Waals surface area contributed by atoms with Crippen molar-refractivity contribution < 1.29 is 9.90 Å². The van der Waals surface area contributed by atoms with Gasteiger partial charge in [0.05, 0.1) is 10.0 Å². The van der Waals surface area contributed by atoms with Gasteiger partial charge in [-0.1, -0.05) is 0 Å². The van der Waals surface area contributed by atoms with Crippen molar-refractivity contribution in [1.29, 1.82) is 0 Å². The van der Waals surface area contributed by atoms with E-state index in [0.29, 0.717) is 10.3 Å². The summed E-state index contributed by atoms with van der Waals surface area (Å²) in [5.74, 6) is -0.335. The Hall–Kier alpha value is -1.10. The Morgan fingerprint density at radius 1 is 1.53 bits per heavy atom. The third-order valence-corrected chi connectivity index (χ3v) is 2.19. The van der Waals surface area contributed by atoms with E-state index in [1.807, 2.05) is 20.8 Å². The molecule has 0 fully saturated rings.